The van der Waals surface area contributed by atoms with Crippen LogP contribution in [-0.2, 0) is 4.79 Å². The molecule has 0 saturated heterocycles. The van der Waals surface area contributed by atoms with Gasteiger partial charge in [0.2, 0.25) is 0 Å². The third-order valence-electron chi connectivity index (χ3n) is 5.20. The summed E-state index contributed by atoms with van der Waals surface area (Å²) in [7, 11) is 0. The lowest BCUT2D eigenvalue weighted by molar-refractivity contribution is -0.117. The molecule has 0 radical (unpaired) electrons. The molecule has 2 aromatic heterocycles. The highest BCUT2D eigenvalue weighted by molar-refractivity contribution is 5.75. The number of carbonyl (C=O) groups is 1. The van der Waals surface area contributed by atoms with Crippen molar-refractivity contribution in [1.82, 2.24) is 15.2 Å². The van der Waals surface area contributed by atoms with Gasteiger partial charge >= 0.3 is 0 Å². The highest BCUT2D eigenvalue weighted by Crippen LogP contribution is 2.35. The molecule has 2 atom stereocenters. The second-order valence-electron chi connectivity index (χ2n) is 7.03. The number of rotatable bonds is 8. The van der Waals surface area contributed by atoms with Gasteiger partial charge < -0.3 is 9.53 Å². The summed E-state index contributed by atoms with van der Waals surface area (Å²) in [6.45, 7) is 2.41. The molecule has 1 aliphatic rings. The van der Waals surface area contributed by atoms with Gasteiger partial charge in [-0.2, -0.15) is 5.10 Å². The van der Waals surface area contributed by atoms with Gasteiger partial charge in [-0.3, -0.25) is 10.1 Å². The van der Waals surface area contributed by atoms with Crippen LogP contribution in [0, 0.1) is 11.8 Å². The second-order valence-corrected chi connectivity index (χ2v) is 7.03. The van der Waals surface area contributed by atoms with Crippen LogP contribution in [0.2, 0.25) is 0 Å². The van der Waals surface area contributed by atoms with E-state index in [2.05, 4.69) is 15.2 Å². The number of Topliss-reactive ketones (excluding diaryl/α,β-unsaturated/α-hetero) is 1. The van der Waals surface area contributed by atoms with Gasteiger partial charge in [-0.1, -0.05) is 25.7 Å². The third-order valence-corrected chi connectivity index (χ3v) is 5.20. The molecule has 1 saturated carbocycles. The monoisotopic (exact) mass is 341 g/mol. The average Bonchev–Trinajstić information content (AvgIpc) is 3.16. The van der Waals surface area contributed by atoms with Gasteiger partial charge in [-0.25, -0.2) is 0 Å². The number of H-pyrrole nitrogens is 1. The number of pyridine rings is 1. The van der Waals surface area contributed by atoms with Crippen LogP contribution in [0.4, 0.5) is 0 Å². The molecular formula is C20H27N3O2. The van der Waals surface area contributed by atoms with E-state index in [0.29, 0.717) is 24.2 Å². The molecule has 2 heterocycles. The lowest BCUT2D eigenvalue weighted by atomic mass is 9.75. The predicted octanol–water partition coefficient (Wildman–Crippen LogP) is 4.42. The lowest BCUT2D eigenvalue weighted by Gasteiger charge is -2.31. The summed E-state index contributed by atoms with van der Waals surface area (Å²) in [6.07, 6.45) is 11.5. The Bertz CT molecular complexity index is 652. The minimum Gasteiger partial charge on any atom is -0.492 e. The molecule has 1 unspecified atom stereocenters. The Hall–Kier alpha value is -2.17. The number of aromatic amines is 1. The van der Waals surface area contributed by atoms with Gasteiger partial charge in [0.25, 0.3) is 0 Å². The molecule has 3 rings (SSSR count). The topological polar surface area (TPSA) is 67.9 Å². The van der Waals surface area contributed by atoms with Crippen LogP contribution in [0.25, 0.3) is 11.4 Å². The molecular weight excluding hydrogens is 314 g/mol. The number of ketones is 1. The molecule has 5 heteroatoms. The maximum Gasteiger partial charge on any atom is 0.137 e. The first-order valence-corrected chi connectivity index (χ1v) is 9.30. The Morgan fingerprint density at radius 2 is 2.00 bits per heavy atom. The number of hydrogen-bond acceptors (Lipinski definition) is 4. The zero-order chi connectivity index (χ0) is 17.5. The molecule has 1 N–H and O–H groups in total. The summed E-state index contributed by atoms with van der Waals surface area (Å²) < 4.78 is 5.90. The number of nitrogens with zero attached hydrogens (tertiary/aromatic N) is 2. The van der Waals surface area contributed by atoms with Gasteiger partial charge in [-0.15, -0.1) is 0 Å². The van der Waals surface area contributed by atoms with Crippen molar-refractivity contribution in [2.45, 2.75) is 51.9 Å². The van der Waals surface area contributed by atoms with Crippen molar-refractivity contribution >= 4 is 5.78 Å². The third kappa shape index (κ3) is 5.15. The number of ether oxygens (including phenoxy) is 1. The van der Waals surface area contributed by atoms with Crippen LogP contribution in [-0.4, -0.2) is 27.6 Å². The van der Waals surface area contributed by atoms with E-state index in [9.17, 15) is 4.79 Å². The zero-order valence-electron chi connectivity index (χ0n) is 14.9. The Morgan fingerprint density at radius 1 is 1.20 bits per heavy atom. The average molecular weight is 341 g/mol. The summed E-state index contributed by atoms with van der Waals surface area (Å²) in [6, 6.07) is 5.80. The Kier molecular flexibility index (Phi) is 6.20. The maximum absolute atomic E-state index is 11.3. The maximum atomic E-state index is 11.3. The van der Waals surface area contributed by atoms with Crippen LogP contribution in [0.15, 0.2) is 30.6 Å². The van der Waals surface area contributed by atoms with Crippen molar-refractivity contribution in [2.75, 3.05) is 6.61 Å². The molecule has 5 nitrogen and oxygen atoms in total. The quantitative estimate of drug-likeness (QED) is 0.772. The molecule has 25 heavy (non-hydrogen) atoms. The van der Waals surface area contributed by atoms with E-state index >= 15 is 0 Å². The van der Waals surface area contributed by atoms with Crippen LogP contribution in [0.3, 0.4) is 0 Å². The van der Waals surface area contributed by atoms with E-state index in [1.54, 1.807) is 19.3 Å². The van der Waals surface area contributed by atoms with Crippen molar-refractivity contribution in [3.8, 4) is 17.1 Å². The van der Waals surface area contributed by atoms with Crippen molar-refractivity contribution in [1.29, 1.82) is 0 Å². The molecule has 2 aromatic rings. The highest BCUT2D eigenvalue weighted by atomic mass is 16.5. The fourth-order valence-electron chi connectivity index (χ4n) is 3.78. The van der Waals surface area contributed by atoms with E-state index < -0.39 is 0 Å². The minimum atomic E-state index is 0.309. The standard InChI is InChI=1S/C20H27N3O2/c1-15(24)6-7-16-4-2-3-5-17(16)11-13-25-18-8-9-19(21-14-18)20-10-12-22-23-20/h8-10,12,14,16-17H,2-7,11,13H2,1H3,(H,22,23)/t16?,17-/m1/s1. The highest BCUT2D eigenvalue weighted by Gasteiger charge is 2.25. The molecule has 1 aliphatic carbocycles. The molecule has 0 bridgehead atoms. The molecule has 0 aromatic carbocycles. The number of hydrogen-bond donors (Lipinski definition) is 1. The van der Waals surface area contributed by atoms with Crippen LogP contribution >= 0.6 is 0 Å². The number of carbonyl (C=O) groups excluding carboxylic acids is 1. The van der Waals surface area contributed by atoms with Crippen molar-refractivity contribution in [3.63, 3.8) is 0 Å². The van der Waals surface area contributed by atoms with Gasteiger partial charge in [-0.05, 0) is 49.8 Å². The first kappa shape index (κ1) is 17.6. The zero-order valence-corrected chi connectivity index (χ0v) is 14.9. The van der Waals surface area contributed by atoms with Crippen molar-refractivity contribution in [3.05, 3.63) is 30.6 Å². The van der Waals surface area contributed by atoms with E-state index in [-0.39, 0.29) is 0 Å². The van der Waals surface area contributed by atoms with E-state index in [1.165, 1.54) is 25.7 Å². The summed E-state index contributed by atoms with van der Waals surface area (Å²) in [5.74, 6) is 2.48. The van der Waals surface area contributed by atoms with Crippen LogP contribution in [0.5, 0.6) is 5.75 Å². The molecule has 134 valence electrons. The van der Waals surface area contributed by atoms with Gasteiger partial charge in [0.05, 0.1) is 24.2 Å². The lowest BCUT2D eigenvalue weighted by Crippen LogP contribution is -2.22. The molecule has 0 amide bonds. The van der Waals surface area contributed by atoms with Gasteiger partial charge in [0.1, 0.15) is 11.5 Å². The van der Waals surface area contributed by atoms with Crippen LogP contribution in [0.1, 0.15) is 51.9 Å². The van der Waals surface area contributed by atoms with Gasteiger partial charge in [0, 0.05) is 12.6 Å². The Labute approximate surface area is 149 Å². The predicted molar refractivity (Wildman–Crippen MR) is 97.3 cm³/mol. The SMILES string of the molecule is CC(=O)CCC1CCCC[C@@H]1CCOc1ccc(-c2ccn[nH]2)nc1. The largest absolute Gasteiger partial charge is 0.492 e. The molecule has 1 fully saturated rings. The normalized spacial score (nSPS) is 20.4. The Morgan fingerprint density at radius 3 is 2.64 bits per heavy atom. The first-order chi connectivity index (χ1) is 12.2. The second kappa shape index (κ2) is 8.79. The van der Waals surface area contributed by atoms with E-state index in [4.69, 9.17) is 4.74 Å². The van der Waals surface area contributed by atoms with Crippen LogP contribution < -0.4 is 4.74 Å². The first-order valence-electron chi connectivity index (χ1n) is 9.30. The van der Waals surface area contributed by atoms with Crippen molar-refractivity contribution < 1.29 is 9.53 Å². The molecule has 0 aliphatic heterocycles. The molecule has 0 spiro atoms. The van der Waals surface area contributed by atoms with Gasteiger partial charge in [0.15, 0.2) is 0 Å². The summed E-state index contributed by atoms with van der Waals surface area (Å²) in [4.78, 5) is 15.7. The summed E-state index contributed by atoms with van der Waals surface area (Å²) in [5, 5.41) is 6.84. The fraction of sp³-hybridized carbons (Fsp3) is 0.550. The smallest absolute Gasteiger partial charge is 0.137 e. The summed E-state index contributed by atoms with van der Waals surface area (Å²) >= 11 is 0. The summed E-state index contributed by atoms with van der Waals surface area (Å²) in [5.41, 5.74) is 1.77. The van der Waals surface area contributed by atoms with E-state index in [1.807, 2.05) is 18.2 Å². The van der Waals surface area contributed by atoms with E-state index in [0.717, 1.165) is 36.4 Å². The minimum absolute atomic E-state index is 0.309. The Balaban J connectivity index is 1.47. The number of aromatic nitrogens is 3. The fourth-order valence-corrected chi connectivity index (χ4v) is 3.78. The van der Waals surface area contributed by atoms with Crippen molar-refractivity contribution in [2.24, 2.45) is 11.8 Å². The number of nitrogens with one attached hydrogen (secondary N) is 1.